The summed E-state index contributed by atoms with van der Waals surface area (Å²) in [4.78, 5) is 7.08. The van der Waals surface area contributed by atoms with Gasteiger partial charge in [-0.25, -0.2) is 9.38 Å². The van der Waals surface area contributed by atoms with Gasteiger partial charge < -0.3 is 20.5 Å². The highest BCUT2D eigenvalue weighted by Crippen LogP contribution is 2.26. The molecule has 1 unspecified atom stereocenters. The number of guanidine groups is 1. The molecule has 1 fully saturated rings. The van der Waals surface area contributed by atoms with Crippen molar-refractivity contribution in [1.82, 2.24) is 15.5 Å². The third-order valence-corrected chi connectivity index (χ3v) is 5.32. The van der Waals surface area contributed by atoms with Crippen LogP contribution in [-0.2, 0) is 6.54 Å². The number of halogens is 2. The van der Waals surface area contributed by atoms with E-state index in [0.717, 1.165) is 25.4 Å². The van der Waals surface area contributed by atoms with Gasteiger partial charge in [0.25, 0.3) is 0 Å². The minimum atomic E-state index is -0.630. The lowest BCUT2D eigenvalue weighted by Gasteiger charge is -2.29. The molecule has 2 aromatic rings. The summed E-state index contributed by atoms with van der Waals surface area (Å²) in [5, 5.41) is 16.0. The second-order valence-corrected chi connectivity index (χ2v) is 7.39. The molecule has 0 aliphatic carbocycles. The Hall–Kier alpha value is -2.07. The van der Waals surface area contributed by atoms with E-state index in [0.29, 0.717) is 24.6 Å². The average molecular weight is 542 g/mol. The van der Waals surface area contributed by atoms with E-state index < -0.39 is 5.82 Å². The van der Waals surface area contributed by atoms with Crippen LogP contribution in [0.4, 0.5) is 4.39 Å². The smallest absolute Gasteiger partial charge is 0.191 e. The van der Waals surface area contributed by atoms with Crippen molar-refractivity contribution >= 4 is 29.9 Å². The molecule has 0 bridgehead atoms. The van der Waals surface area contributed by atoms with E-state index in [1.54, 1.807) is 13.2 Å². The lowest BCUT2D eigenvalue weighted by molar-refractivity contribution is 0.245. The molecule has 1 heterocycles. The maximum absolute atomic E-state index is 13.6. The Balaban J connectivity index is 0.00000341. The van der Waals surface area contributed by atoms with Crippen molar-refractivity contribution in [2.45, 2.75) is 32.4 Å². The summed E-state index contributed by atoms with van der Waals surface area (Å²) in [6.45, 7) is 5.94. The molecule has 2 aromatic carbocycles. The second kappa shape index (κ2) is 12.7. The number of aliphatic imine (C=N–C) groups is 1. The van der Waals surface area contributed by atoms with E-state index in [4.69, 9.17) is 4.74 Å². The Bertz CT molecular complexity index is 842. The summed E-state index contributed by atoms with van der Waals surface area (Å²) < 4.78 is 18.9. The lowest BCUT2D eigenvalue weighted by atomic mass is 10.1. The summed E-state index contributed by atoms with van der Waals surface area (Å²) >= 11 is 0. The molecule has 6 nitrogen and oxygen atoms in total. The first-order valence-corrected chi connectivity index (χ1v) is 10.5. The predicted octanol–water partition coefficient (Wildman–Crippen LogP) is 4.05. The van der Waals surface area contributed by atoms with E-state index in [9.17, 15) is 9.50 Å². The molecule has 8 heteroatoms. The number of hydrogen-bond acceptors (Lipinski definition) is 4. The van der Waals surface area contributed by atoms with Gasteiger partial charge in [-0.1, -0.05) is 18.2 Å². The number of likely N-dealkylation sites (tertiary alicyclic amines) is 1. The standard InChI is InChI=1S/C23H31FN4O2.HI/c1-3-25-23(26-15-17-6-11-22(29)20(24)14-17)27-16-21(28-12-4-5-13-28)18-7-9-19(30-2)10-8-18;/h6-11,14,21,29H,3-5,12-13,15-16H2,1-2H3,(H2,25,26,27);1H. The number of phenolic OH excluding ortho intramolecular Hbond substituents is 1. The van der Waals surface area contributed by atoms with Crippen LogP contribution in [0.3, 0.4) is 0 Å². The van der Waals surface area contributed by atoms with Gasteiger partial charge >= 0.3 is 0 Å². The summed E-state index contributed by atoms with van der Waals surface area (Å²) in [5.74, 6) is 0.557. The normalized spacial score (nSPS) is 15.3. The van der Waals surface area contributed by atoms with Crippen molar-refractivity contribution in [3.05, 3.63) is 59.4 Å². The van der Waals surface area contributed by atoms with Gasteiger partial charge in [-0.3, -0.25) is 4.90 Å². The van der Waals surface area contributed by atoms with Crippen LogP contribution in [0.2, 0.25) is 0 Å². The summed E-state index contributed by atoms with van der Waals surface area (Å²) in [6, 6.07) is 12.8. The highest BCUT2D eigenvalue weighted by molar-refractivity contribution is 14.0. The highest BCUT2D eigenvalue weighted by Gasteiger charge is 2.23. The van der Waals surface area contributed by atoms with Crippen molar-refractivity contribution in [3.8, 4) is 11.5 Å². The van der Waals surface area contributed by atoms with Crippen molar-refractivity contribution in [2.24, 2.45) is 4.99 Å². The fourth-order valence-electron chi connectivity index (χ4n) is 3.69. The van der Waals surface area contributed by atoms with Gasteiger partial charge in [0.1, 0.15) is 5.75 Å². The summed E-state index contributed by atoms with van der Waals surface area (Å²) in [7, 11) is 1.67. The zero-order valence-corrected chi connectivity index (χ0v) is 20.4. The van der Waals surface area contributed by atoms with Crippen molar-refractivity contribution < 1.29 is 14.2 Å². The molecule has 0 aromatic heterocycles. The van der Waals surface area contributed by atoms with Gasteiger partial charge in [0.15, 0.2) is 17.5 Å². The molecule has 1 aliphatic rings. The van der Waals surface area contributed by atoms with Crippen LogP contribution in [0, 0.1) is 5.82 Å². The number of methoxy groups -OCH3 is 1. The van der Waals surface area contributed by atoms with Crippen LogP contribution in [0.25, 0.3) is 0 Å². The molecule has 31 heavy (non-hydrogen) atoms. The van der Waals surface area contributed by atoms with Crippen LogP contribution in [0.1, 0.15) is 36.9 Å². The van der Waals surface area contributed by atoms with E-state index in [1.807, 2.05) is 19.1 Å². The number of benzene rings is 2. The van der Waals surface area contributed by atoms with Crippen LogP contribution >= 0.6 is 24.0 Å². The number of ether oxygens (including phenoxy) is 1. The Morgan fingerprint density at radius 1 is 1.16 bits per heavy atom. The summed E-state index contributed by atoms with van der Waals surface area (Å²) in [6.07, 6.45) is 2.43. The fourth-order valence-corrected chi connectivity index (χ4v) is 3.69. The van der Waals surface area contributed by atoms with Gasteiger partial charge in [0.05, 0.1) is 19.7 Å². The zero-order valence-electron chi connectivity index (χ0n) is 18.1. The maximum Gasteiger partial charge on any atom is 0.191 e. The Morgan fingerprint density at radius 3 is 2.48 bits per heavy atom. The Labute approximate surface area is 200 Å². The topological polar surface area (TPSA) is 69.1 Å². The molecule has 0 spiro atoms. The second-order valence-electron chi connectivity index (χ2n) is 7.39. The molecular weight excluding hydrogens is 510 g/mol. The molecule has 170 valence electrons. The molecule has 3 N–H and O–H groups in total. The first-order chi connectivity index (χ1) is 14.6. The van der Waals surface area contributed by atoms with E-state index in [1.165, 1.54) is 30.5 Å². The highest BCUT2D eigenvalue weighted by atomic mass is 127. The van der Waals surface area contributed by atoms with E-state index >= 15 is 0 Å². The van der Waals surface area contributed by atoms with Crippen molar-refractivity contribution in [3.63, 3.8) is 0 Å². The molecule has 3 rings (SSSR count). The molecule has 0 amide bonds. The SMILES string of the molecule is CCNC(=NCc1ccc(O)c(F)c1)NCC(c1ccc(OC)cc1)N1CCCC1.I. The first kappa shape index (κ1) is 25.2. The molecule has 1 atom stereocenters. The maximum atomic E-state index is 13.6. The number of nitrogens with zero attached hydrogens (tertiary/aromatic N) is 2. The lowest BCUT2D eigenvalue weighted by Crippen LogP contribution is -2.42. The van der Waals surface area contributed by atoms with Gasteiger partial charge in [-0.05, 0) is 68.2 Å². The Morgan fingerprint density at radius 2 is 1.87 bits per heavy atom. The van der Waals surface area contributed by atoms with Crippen molar-refractivity contribution in [2.75, 3.05) is 33.3 Å². The van der Waals surface area contributed by atoms with Crippen LogP contribution in [0.5, 0.6) is 11.5 Å². The molecule has 1 saturated heterocycles. The third kappa shape index (κ3) is 7.24. The van der Waals surface area contributed by atoms with Crippen LogP contribution < -0.4 is 15.4 Å². The molecule has 0 radical (unpaired) electrons. The molecule has 0 saturated carbocycles. The van der Waals surface area contributed by atoms with Gasteiger partial charge in [-0.15, -0.1) is 24.0 Å². The first-order valence-electron chi connectivity index (χ1n) is 10.5. The van der Waals surface area contributed by atoms with Gasteiger partial charge in [0, 0.05) is 13.1 Å². The third-order valence-electron chi connectivity index (χ3n) is 5.32. The number of phenols is 1. The molecule has 1 aliphatic heterocycles. The fraction of sp³-hybridized carbons (Fsp3) is 0.435. The number of aromatic hydroxyl groups is 1. The number of nitrogens with one attached hydrogen (secondary N) is 2. The molecular formula is C23H32FIN4O2. The zero-order chi connectivity index (χ0) is 21.3. The van der Waals surface area contributed by atoms with E-state index in [2.05, 4.69) is 32.7 Å². The summed E-state index contributed by atoms with van der Waals surface area (Å²) in [5.41, 5.74) is 1.94. The van der Waals surface area contributed by atoms with Crippen molar-refractivity contribution in [1.29, 1.82) is 0 Å². The minimum absolute atomic E-state index is 0. The van der Waals surface area contributed by atoms with Gasteiger partial charge in [0.2, 0.25) is 0 Å². The largest absolute Gasteiger partial charge is 0.505 e. The monoisotopic (exact) mass is 542 g/mol. The van der Waals surface area contributed by atoms with Crippen LogP contribution in [0.15, 0.2) is 47.5 Å². The quantitative estimate of drug-likeness (QED) is 0.267. The number of rotatable bonds is 8. The van der Waals surface area contributed by atoms with Gasteiger partial charge in [-0.2, -0.15) is 0 Å². The predicted molar refractivity (Wildman–Crippen MR) is 133 cm³/mol. The number of hydrogen-bond donors (Lipinski definition) is 3. The Kier molecular flexibility index (Phi) is 10.3. The van der Waals surface area contributed by atoms with Crippen LogP contribution in [-0.4, -0.2) is 49.3 Å². The minimum Gasteiger partial charge on any atom is -0.505 e. The van der Waals surface area contributed by atoms with E-state index in [-0.39, 0.29) is 35.8 Å². The average Bonchev–Trinajstić information content (AvgIpc) is 3.29.